The van der Waals surface area contributed by atoms with Crippen molar-refractivity contribution in [3.63, 3.8) is 0 Å². The summed E-state index contributed by atoms with van der Waals surface area (Å²) in [7, 11) is 0. The SMILES string of the molecule is CCCCCCCCOC1CC(O)C1(C)CC. The molecule has 1 rings (SSSR count). The number of aliphatic hydroxyl groups is 1. The van der Waals surface area contributed by atoms with Crippen molar-refractivity contribution >= 4 is 0 Å². The van der Waals surface area contributed by atoms with Crippen molar-refractivity contribution in [3.05, 3.63) is 0 Å². The average molecular weight is 242 g/mol. The van der Waals surface area contributed by atoms with Crippen LogP contribution in [0.4, 0.5) is 0 Å². The molecule has 17 heavy (non-hydrogen) atoms. The highest BCUT2D eigenvalue weighted by Gasteiger charge is 2.50. The third kappa shape index (κ3) is 3.96. The molecule has 0 amide bonds. The molecule has 2 nitrogen and oxygen atoms in total. The highest BCUT2D eigenvalue weighted by atomic mass is 16.5. The Morgan fingerprint density at radius 2 is 1.76 bits per heavy atom. The zero-order valence-electron chi connectivity index (χ0n) is 11.9. The molecule has 1 N–H and O–H groups in total. The van der Waals surface area contributed by atoms with Crippen LogP contribution in [0.25, 0.3) is 0 Å². The Kier molecular flexibility index (Phi) is 6.50. The van der Waals surface area contributed by atoms with Gasteiger partial charge in [0.1, 0.15) is 0 Å². The lowest BCUT2D eigenvalue weighted by molar-refractivity contribution is -0.185. The largest absolute Gasteiger partial charge is 0.392 e. The molecule has 1 aliphatic rings. The van der Waals surface area contributed by atoms with Crippen LogP contribution in [0.1, 0.15) is 72.1 Å². The van der Waals surface area contributed by atoms with Crippen LogP contribution >= 0.6 is 0 Å². The molecule has 3 unspecified atom stereocenters. The molecule has 0 aliphatic heterocycles. The lowest BCUT2D eigenvalue weighted by atomic mass is 9.63. The van der Waals surface area contributed by atoms with Gasteiger partial charge in [0.2, 0.25) is 0 Å². The van der Waals surface area contributed by atoms with E-state index in [2.05, 4.69) is 20.8 Å². The van der Waals surface area contributed by atoms with Crippen molar-refractivity contribution in [2.45, 2.75) is 84.3 Å². The Hall–Kier alpha value is -0.0800. The Bertz CT molecular complexity index is 205. The van der Waals surface area contributed by atoms with Crippen LogP contribution in [0.5, 0.6) is 0 Å². The number of hydrogen-bond donors (Lipinski definition) is 1. The summed E-state index contributed by atoms with van der Waals surface area (Å²) in [6.07, 6.45) is 9.83. The Morgan fingerprint density at radius 1 is 1.12 bits per heavy atom. The molecule has 102 valence electrons. The van der Waals surface area contributed by atoms with Crippen molar-refractivity contribution in [1.82, 2.24) is 0 Å². The molecule has 1 fully saturated rings. The molecule has 0 aromatic carbocycles. The van der Waals surface area contributed by atoms with E-state index in [4.69, 9.17) is 4.74 Å². The molecule has 3 atom stereocenters. The van der Waals surface area contributed by atoms with Crippen LogP contribution in [0, 0.1) is 5.41 Å². The van der Waals surface area contributed by atoms with Gasteiger partial charge in [-0.2, -0.15) is 0 Å². The van der Waals surface area contributed by atoms with Gasteiger partial charge in [-0.25, -0.2) is 0 Å². The lowest BCUT2D eigenvalue weighted by Gasteiger charge is -2.50. The summed E-state index contributed by atoms with van der Waals surface area (Å²) in [6.45, 7) is 7.41. The number of aliphatic hydroxyl groups excluding tert-OH is 1. The molecule has 2 heteroatoms. The summed E-state index contributed by atoms with van der Waals surface area (Å²) in [5.74, 6) is 0. The Morgan fingerprint density at radius 3 is 2.35 bits per heavy atom. The van der Waals surface area contributed by atoms with Crippen LogP contribution in [0.2, 0.25) is 0 Å². The quantitative estimate of drug-likeness (QED) is 0.621. The minimum Gasteiger partial charge on any atom is -0.392 e. The summed E-state index contributed by atoms with van der Waals surface area (Å²) < 4.78 is 5.90. The van der Waals surface area contributed by atoms with Crippen molar-refractivity contribution < 1.29 is 9.84 Å². The fraction of sp³-hybridized carbons (Fsp3) is 1.00. The second kappa shape index (κ2) is 7.38. The molecule has 0 saturated heterocycles. The molecule has 0 radical (unpaired) electrons. The van der Waals surface area contributed by atoms with E-state index in [9.17, 15) is 5.11 Å². The van der Waals surface area contributed by atoms with Gasteiger partial charge in [-0.1, -0.05) is 52.9 Å². The summed E-state index contributed by atoms with van der Waals surface area (Å²) >= 11 is 0. The number of rotatable bonds is 9. The molecular weight excluding hydrogens is 212 g/mol. The summed E-state index contributed by atoms with van der Waals surface area (Å²) in [5.41, 5.74) is 0.0161. The van der Waals surface area contributed by atoms with Crippen LogP contribution in [0.15, 0.2) is 0 Å². The first-order chi connectivity index (χ1) is 8.15. The maximum atomic E-state index is 9.76. The van der Waals surface area contributed by atoms with Gasteiger partial charge in [-0.3, -0.25) is 0 Å². The number of unbranched alkanes of at least 4 members (excludes halogenated alkanes) is 5. The lowest BCUT2D eigenvalue weighted by Crippen LogP contribution is -2.56. The van der Waals surface area contributed by atoms with Gasteiger partial charge in [0, 0.05) is 18.4 Å². The maximum Gasteiger partial charge on any atom is 0.0678 e. The van der Waals surface area contributed by atoms with Crippen molar-refractivity contribution in [2.24, 2.45) is 5.41 Å². The van der Waals surface area contributed by atoms with Crippen LogP contribution < -0.4 is 0 Å². The third-order valence-corrected chi connectivity index (χ3v) is 4.51. The Balaban J connectivity index is 2.00. The zero-order chi connectivity index (χ0) is 12.7. The van der Waals surface area contributed by atoms with Gasteiger partial charge in [0.25, 0.3) is 0 Å². The highest BCUT2D eigenvalue weighted by molar-refractivity contribution is 5.00. The van der Waals surface area contributed by atoms with Gasteiger partial charge in [-0.05, 0) is 12.8 Å². The van der Waals surface area contributed by atoms with Gasteiger partial charge >= 0.3 is 0 Å². The number of ether oxygens (including phenoxy) is 1. The first-order valence-electron chi connectivity index (χ1n) is 7.44. The smallest absolute Gasteiger partial charge is 0.0678 e. The number of hydrogen-bond acceptors (Lipinski definition) is 2. The topological polar surface area (TPSA) is 29.5 Å². The van der Waals surface area contributed by atoms with E-state index in [-0.39, 0.29) is 17.6 Å². The summed E-state index contributed by atoms with van der Waals surface area (Å²) in [6, 6.07) is 0. The fourth-order valence-corrected chi connectivity index (χ4v) is 2.63. The third-order valence-electron chi connectivity index (χ3n) is 4.51. The van der Waals surface area contributed by atoms with Crippen molar-refractivity contribution in [3.8, 4) is 0 Å². The monoisotopic (exact) mass is 242 g/mol. The molecule has 0 bridgehead atoms. The first kappa shape index (κ1) is 15.0. The van der Waals surface area contributed by atoms with E-state index in [1.165, 1.54) is 38.5 Å². The van der Waals surface area contributed by atoms with Crippen LogP contribution in [-0.2, 0) is 4.74 Å². The van der Waals surface area contributed by atoms with E-state index >= 15 is 0 Å². The molecule has 0 aromatic rings. The first-order valence-corrected chi connectivity index (χ1v) is 7.44. The highest BCUT2D eigenvalue weighted by Crippen LogP contribution is 2.45. The van der Waals surface area contributed by atoms with E-state index in [0.29, 0.717) is 0 Å². The predicted octanol–water partition coefficient (Wildman–Crippen LogP) is 3.91. The van der Waals surface area contributed by atoms with E-state index in [0.717, 1.165) is 19.4 Å². The second-order valence-electron chi connectivity index (χ2n) is 5.74. The van der Waals surface area contributed by atoms with Crippen molar-refractivity contribution in [1.29, 1.82) is 0 Å². The van der Waals surface area contributed by atoms with Gasteiger partial charge in [0.15, 0.2) is 0 Å². The molecular formula is C15H30O2. The normalized spacial score (nSPS) is 32.5. The van der Waals surface area contributed by atoms with Crippen LogP contribution in [0.3, 0.4) is 0 Å². The maximum absolute atomic E-state index is 9.76. The predicted molar refractivity (Wildman–Crippen MR) is 72.1 cm³/mol. The second-order valence-corrected chi connectivity index (χ2v) is 5.74. The van der Waals surface area contributed by atoms with Gasteiger partial charge in [0.05, 0.1) is 12.2 Å². The summed E-state index contributed by atoms with van der Waals surface area (Å²) in [4.78, 5) is 0. The Labute approximate surface area is 107 Å². The average Bonchev–Trinajstić information content (AvgIpc) is 2.35. The van der Waals surface area contributed by atoms with E-state index in [1.54, 1.807) is 0 Å². The molecule has 0 heterocycles. The van der Waals surface area contributed by atoms with Crippen LogP contribution in [-0.4, -0.2) is 23.9 Å². The fourth-order valence-electron chi connectivity index (χ4n) is 2.63. The molecule has 1 aliphatic carbocycles. The molecule has 0 aromatic heterocycles. The van der Waals surface area contributed by atoms with Gasteiger partial charge in [-0.15, -0.1) is 0 Å². The standard InChI is InChI=1S/C15H30O2/c1-4-6-7-8-9-10-11-17-14-12-13(16)15(14,3)5-2/h13-14,16H,4-12H2,1-3H3. The molecule has 1 saturated carbocycles. The van der Waals surface area contributed by atoms with E-state index in [1.807, 2.05) is 0 Å². The van der Waals surface area contributed by atoms with Crippen molar-refractivity contribution in [2.75, 3.05) is 6.61 Å². The zero-order valence-corrected chi connectivity index (χ0v) is 11.9. The minimum atomic E-state index is -0.151. The summed E-state index contributed by atoms with van der Waals surface area (Å²) in [5, 5.41) is 9.76. The molecule has 0 spiro atoms. The minimum absolute atomic E-state index is 0.0161. The van der Waals surface area contributed by atoms with E-state index < -0.39 is 0 Å². The van der Waals surface area contributed by atoms with Gasteiger partial charge < -0.3 is 9.84 Å².